The number of benzene rings is 1. The summed E-state index contributed by atoms with van der Waals surface area (Å²) in [6.07, 6.45) is 6.34. The van der Waals surface area contributed by atoms with E-state index >= 15 is 0 Å². The van der Waals surface area contributed by atoms with Crippen molar-refractivity contribution in [2.24, 2.45) is 17.6 Å². The number of carbonyl (C=O) groups excluding carboxylic acids is 1. The van der Waals surface area contributed by atoms with Crippen LogP contribution in [0.4, 0.5) is 5.69 Å². The molecule has 1 aliphatic carbocycles. The van der Waals surface area contributed by atoms with E-state index in [4.69, 9.17) is 5.73 Å². The first-order valence-corrected chi connectivity index (χ1v) is 11.1. The van der Waals surface area contributed by atoms with Gasteiger partial charge in [0.1, 0.15) is 0 Å². The Bertz CT molecular complexity index is 1010. The predicted octanol–water partition coefficient (Wildman–Crippen LogP) is 2.58. The van der Waals surface area contributed by atoms with Gasteiger partial charge < -0.3 is 5.73 Å². The van der Waals surface area contributed by atoms with Crippen LogP contribution in [0.5, 0.6) is 0 Å². The highest BCUT2D eigenvalue weighted by Gasteiger charge is 2.24. The monoisotopic (exact) mass is 403 g/mol. The number of hydrogen-bond acceptors (Lipinski definition) is 5. The number of allylic oxidation sites excluding steroid dienone is 2. The normalized spacial score (nSPS) is 17.4. The van der Waals surface area contributed by atoms with Crippen molar-refractivity contribution in [1.82, 2.24) is 14.8 Å². The van der Waals surface area contributed by atoms with Gasteiger partial charge in [-0.15, -0.1) is 10.2 Å². The zero-order valence-electron chi connectivity index (χ0n) is 16.2. The molecule has 9 heteroatoms. The second kappa shape index (κ2) is 7.75. The van der Waals surface area contributed by atoms with Gasteiger partial charge in [-0.05, 0) is 60.9 Å². The van der Waals surface area contributed by atoms with Gasteiger partial charge in [0.05, 0.1) is 6.26 Å². The van der Waals surface area contributed by atoms with E-state index < -0.39 is 15.9 Å². The van der Waals surface area contributed by atoms with E-state index in [1.54, 1.807) is 28.8 Å². The molecule has 0 aliphatic heterocycles. The number of hydrogen-bond donors (Lipinski definition) is 2. The molecule has 0 radical (unpaired) electrons. The molecule has 1 unspecified atom stereocenters. The summed E-state index contributed by atoms with van der Waals surface area (Å²) in [5, 5.41) is 8.25. The number of carbonyl (C=O) groups is 1. The summed E-state index contributed by atoms with van der Waals surface area (Å²) in [6, 6.07) is 6.65. The third-order valence-electron chi connectivity index (χ3n) is 4.85. The molecule has 3 rings (SSSR count). The predicted molar refractivity (Wildman–Crippen MR) is 108 cm³/mol. The van der Waals surface area contributed by atoms with Gasteiger partial charge >= 0.3 is 0 Å². The first kappa shape index (κ1) is 20.1. The van der Waals surface area contributed by atoms with Gasteiger partial charge in [-0.2, -0.15) is 0 Å². The fourth-order valence-corrected chi connectivity index (χ4v) is 4.02. The molecule has 1 aromatic heterocycles. The van der Waals surface area contributed by atoms with Crippen molar-refractivity contribution in [3.05, 3.63) is 42.0 Å². The van der Waals surface area contributed by atoms with Gasteiger partial charge in [0.15, 0.2) is 5.82 Å². The minimum Gasteiger partial charge on any atom is -0.363 e. The van der Waals surface area contributed by atoms with Crippen molar-refractivity contribution in [3.8, 4) is 5.69 Å². The van der Waals surface area contributed by atoms with Crippen LogP contribution in [-0.2, 0) is 10.0 Å². The first-order valence-electron chi connectivity index (χ1n) is 9.20. The van der Waals surface area contributed by atoms with Crippen molar-refractivity contribution in [1.29, 1.82) is 0 Å². The number of nitrogens with one attached hydrogen (secondary N) is 1. The molecule has 3 N–H and O–H groups in total. The number of sulfonamides is 1. The molecule has 0 fully saturated rings. The fraction of sp³-hybridized carbons (Fsp3) is 0.421. The minimum absolute atomic E-state index is 0.0476. The summed E-state index contributed by atoms with van der Waals surface area (Å²) in [5.74, 6) is 0.944. The van der Waals surface area contributed by atoms with Crippen molar-refractivity contribution in [3.63, 3.8) is 0 Å². The number of aromatic nitrogens is 3. The molecule has 8 nitrogen and oxygen atoms in total. The van der Waals surface area contributed by atoms with E-state index in [2.05, 4.69) is 34.8 Å². The van der Waals surface area contributed by atoms with Gasteiger partial charge in [0.25, 0.3) is 5.91 Å². The van der Waals surface area contributed by atoms with Crippen LogP contribution < -0.4 is 10.5 Å². The summed E-state index contributed by atoms with van der Waals surface area (Å²) < 4.78 is 26.9. The van der Waals surface area contributed by atoms with E-state index in [9.17, 15) is 13.2 Å². The highest BCUT2D eigenvalue weighted by molar-refractivity contribution is 7.92. The third kappa shape index (κ3) is 4.41. The quantitative estimate of drug-likeness (QED) is 0.768. The average Bonchev–Trinajstić information content (AvgIpc) is 3.06. The van der Waals surface area contributed by atoms with Crippen molar-refractivity contribution < 1.29 is 13.2 Å². The highest BCUT2D eigenvalue weighted by Crippen LogP contribution is 2.34. The molecule has 0 saturated heterocycles. The van der Waals surface area contributed by atoms with Crippen LogP contribution in [0.1, 0.15) is 49.6 Å². The zero-order chi connectivity index (χ0) is 20.5. The van der Waals surface area contributed by atoms with E-state index in [0.29, 0.717) is 29.0 Å². The third-order valence-corrected chi connectivity index (χ3v) is 5.46. The Kier molecular flexibility index (Phi) is 5.55. The number of nitrogens with zero attached hydrogens (tertiary/aromatic N) is 3. The molecule has 1 heterocycles. The molecule has 1 aliphatic rings. The smallest absolute Gasteiger partial charge is 0.287 e. The van der Waals surface area contributed by atoms with E-state index in [1.807, 2.05) is 0 Å². The Hall–Kier alpha value is -2.68. The van der Waals surface area contributed by atoms with Gasteiger partial charge in [0, 0.05) is 11.4 Å². The first-order chi connectivity index (χ1) is 13.2. The summed E-state index contributed by atoms with van der Waals surface area (Å²) in [7, 11) is -3.37. The lowest BCUT2D eigenvalue weighted by molar-refractivity contribution is 0.0988. The second-order valence-corrected chi connectivity index (χ2v) is 9.21. The molecule has 28 heavy (non-hydrogen) atoms. The molecule has 1 atom stereocenters. The van der Waals surface area contributed by atoms with Crippen LogP contribution in [0.25, 0.3) is 11.3 Å². The minimum atomic E-state index is -3.37. The molecule has 1 amide bonds. The molecule has 150 valence electrons. The zero-order valence-corrected chi connectivity index (χ0v) is 17.0. The van der Waals surface area contributed by atoms with Crippen LogP contribution >= 0.6 is 0 Å². The maximum absolute atomic E-state index is 11.9. The second-order valence-electron chi connectivity index (χ2n) is 7.46. The number of nitrogens with two attached hydrogens (primary N) is 1. The van der Waals surface area contributed by atoms with Gasteiger partial charge in [0.2, 0.25) is 15.8 Å². The van der Waals surface area contributed by atoms with Crippen molar-refractivity contribution >= 4 is 27.2 Å². The average molecular weight is 404 g/mol. The lowest BCUT2D eigenvalue weighted by Crippen LogP contribution is -2.19. The van der Waals surface area contributed by atoms with E-state index in [0.717, 1.165) is 31.1 Å². The Morgan fingerprint density at radius 1 is 1.25 bits per heavy atom. The van der Waals surface area contributed by atoms with Crippen LogP contribution in [0.3, 0.4) is 0 Å². The number of primary amides is 1. The maximum Gasteiger partial charge on any atom is 0.287 e. The van der Waals surface area contributed by atoms with E-state index in [-0.39, 0.29) is 5.82 Å². The maximum atomic E-state index is 11.9. The molecule has 1 aromatic carbocycles. The molecule has 0 bridgehead atoms. The van der Waals surface area contributed by atoms with Crippen molar-refractivity contribution in [2.75, 3.05) is 11.0 Å². The highest BCUT2D eigenvalue weighted by atomic mass is 32.2. The topological polar surface area (TPSA) is 120 Å². The van der Waals surface area contributed by atoms with Crippen molar-refractivity contribution in [2.45, 2.75) is 33.1 Å². The van der Waals surface area contributed by atoms with Crippen LogP contribution in [0.2, 0.25) is 0 Å². The summed E-state index contributed by atoms with van der Waals surface area (Å²) in [4.78, 5) is 11.9. The Morgan fingerprint density at radius 3 is 2.50 bits per heavy atom. The SMILES string of the molecule is CC(C)C1C=C(c2nnc(C(N)=O)n2-c2ccc(NS(C)(=O)=O)cc2)CCC1. The van der Waals surface area contributed by atoms with Crippen LogP contribution in [0, 0.1) is 11.8 Å². The molecular weight excluding hydrogens is 378 g/mol. The van der Waals surface area contributed by atoms with Gasteiger partial charge in [-0.1, -0.05) is 19.9 Å². The fourth-order valence-electron chi connectivity index (χ4n) is 3.45. The molecule has 0 spiro atoms. The summed E-state index contributed by atoms with van der Waals surface area (Å²) >= 11 is 0. The van der Waals surface area contributed by atoms with Crippen LogP contribution in [-0.4, -0.2) is 35.3 Å². The van der Waals surface area contributed by atoms with Crippen LogP contribution in [0.15, 0.2) is 30.3 Å². The lowest BCUT2D eigenvalue weighted by atomic mass is 9.83. The Morgan fingerprint density at radius 2 is 1.93 bits per heavy atom. The lowest BCUT2D eigenvalue weighted by Gasteiger charge is -2.24. The molecule has 2 aromatic rings. The van der Waals surface area contributed by atoms with E-state index in [1.165, 1.54) is 0 Å². The molecule has 0 saturated carbocycles. The Labute approximate surface area is 164 Å². The van der Waals surface area contributed by atoms with Gasteiger partial charge in [-0.25, -0.2) is 8.42 Å². The molecular formula is C19H25N5O3S. The largest absolute Gasteiger partial charge is 0.363 e. The van der Waals surface area contributed by atoms with Gasteiger partial charge in [-0.3, -0.25) is 14.1 Å². The number of anilines is 1. The Balaban J connectivity index is 2.05. The standard InChI is InChI=1S/C19H25N5O3S/c1-12(2)13-5-4-6-14(11-13)18-21-22-19(17(20)25)24(18)16-9-7-15(8-10-16)23-28(3,26)27/h7-13,23H,4-6H2,1-3H3,(H2,20,25). The summed E-state index contributed by atoms with van der Waals surface area (Å²) in [5.41, 5.74) is 7.62. The number of rotatable bonds is 6. The number of amides is 1. The summed E-state index contributed by atoms with van der Waals surface area (Å²) in [6.45, 7) is 4.38.